The van der Waals surface area contributed by atoms with Crippen LogP contribution in [0.2, 0.25) is 0 Å². The summed E-state index contributed by atoms with van der Waals surface area (Å²) < 4.78 is 32.2. The largest absolute Gasteiger partial charge is 0.496 e. The summed E-state index contributed by atoms with van der Waals surface area (Å²) in [5.41, 5.74) is 1.65. The zero-order valence-corrected chi connectivity index (χ0v) is 15.8. The number of thioether (sulfide) groups is 1. The van der Waals surface area contributed by atoms with E-state index in [1.165, 1.54) is 6.21 Å². The van der Waals surface area contributed by atoms with Crippen LogP contribution in [0, 0.1) is 4.77 Å². The molecule has 0 amide bonds. The van der Waals surface area contributed by atoms with E-state index in [4.69, 9.17) is 17.0 Å². The number of benzene rings is 1. The Morgan fingerprint density at radius 3 is 2.93 bits per heavy atom. The maximum atomic E-state index is 12.9. The molecule has 0 atom stereocenters. The minimum atomic E-state index is -2.78. The van der Waals surface area contributed by atoms with Crippen molar-refractivity contribution in [2.24, 2.45) is 5.10 Å². The first-order chi connectivity index (χ1) is 13.1. The molecule has 0 bridgehead atoms. The minimum Gasteiger partial charge on any atom is -0.496 e. The highest BCUT2D eigenvalue weighted by Gasteiger charge is 2.16. The van der Waals surface area contributed by atoms with Crippen LogP contribution in [0.5, 0.6) is 5.75 Å². The second-order valence-electron chi connectivity index (χ2n) is 5.27. The van der Waals surface area contributed by atoms with Crippen LogP contribution in [0.1, 0.15) is 23.4 Å². The van der Waals surface area contributed by atoms with Crippen molar-refractivity contribution in [2.45, 2.75) is 17.2 Å². The lowest BCUT2D eigenvalue weighted by atomic mass is 10.1. The molecule has 3 rings (SSSR count). The van der Waals surface area contributed by atoms with Gasteiger partial charge in [-0.1, -0.05) is 6.07 Å². The Morgan fingerprint density at radius 2 is 2.22 bits per heavy atom. The van der Waals surface area contributed by atoms with Gasteiger partial charge in [0.1, 0.15) is 5.75 Å². The number of ether oxygens (including phenoxy) is 1. The topological polar surface area (TPSA) is 68.1 Å². The number of aromatic nitrogens is 4. The number of nitrogens with zero attached hydrogens (tertiary/aromatic N) is 4. The molecule has 0 unspecified atom stereocenters. The number of nitrogens with one attached hydrogen (secondary N) is 1. The van der Waals surface area contributed by atoms with Crippen LogP contribution in [-0.2, 0) is 5.75 Å². The molecule has 0 spiro atoms. The van der Waals surface area contributed by atoms with Crippen molar-refractivity contribution in [1.82, 2.24) is 19.9 Å². The Bertz CT molecular complexity index is 988. The third-order valence-electron chi connectivity index (χ3n) is 3.51. The number of aromatic amines is 1. The monoisotopic (exact) mass is 407 g/mol. The van der Waals surface area contributed by atoms with Crippen LogP contribution >= 0.6 is 24.0 Å². The van der Waals surface area contributed by atoms with Gasteiger partial charge in [-0.25, -0.2) is 18.9 Å². The Kier molecular flexibility index (Phi) is 6.30. The summed E-state index contributed by atoms with van der Waals surface area (Å²) in [7, 11) is 1.59. The first-order valence-electron chi connectivity index (χ1n) is 7.79. The number of rotatable bonds is 7. The number of methoxy groups -OCH3 is 1. The van der Waals surface area contributed by atoms with Crippen LogP contribution in [0.3, 0.4) is 0 Å². The van der Waals surface area contributed by atoms with Crippen molar-refractivity contribution < 1.29 is 13.5 Å². The van der Waals surface area contributed by atoms with Crippen LogP contribution in [0.4, 0.5) is 8.78 Å². The van der Waals surface area contributed by atoms with Gasteiger partial charge in [0.05, 0.1) is 18.4 Å². The van der Waals surface area contributed by atoms with Gasteiger partial charge in [0.15, 0.2) is 0 Å². The highest BCUT2D eigenvalue weighted by molar-refractivity contribution is 7.98. The molecule has 6 nitrogen and oxygen atoms in total. The lowest BCUT2D eigenvalue weighted by Gasteiger charge is -2.09. The van der Waals surface area contributed by atoms with Gasteiger partial charge in [-0.15, -0.1) is 11.8 Å². The summed E-state index contributed by atoms with van der Waals surface area (Å²) in [6, 6.07) is 11.2. The molecule has 3 aromatic rings. The predicted octanol–water partition coefficient (Wildman–Crippen LogP) is 4.46. The second kappa shape index (κ2) is 8.87. The van der Waals surface area contributed by atoms with E-state index in [-0.39, 0.29) is 4.77 Å². The van der Waals surface area contributed by atoms with Gasteiger partial charge in [-0.3, -0.25) is 0 Å². The molecule has 0 saturated heterocycles. The van der Waals surface area contributed by atoms with E-state index in [1.807, 2.05) is 24.3 Å². The van der Waals surface area contributed by atoms with Gasteiger partial charge in [-0.2, -0.15) is 14.9 Å². The van der Waals surface area contributed by atoms with E-state index in [0.29, 0.717) is 5.75 Å². The van der Waals surface area contributed by atoms with Crippen molar-refractivity contribution >= 4 is 30.2 Å². The quantitative estimate of drug-likeness (QED) is 0.356. The number of hydrogen-bond donors (Lipinski definition) is 1. The van der Waals surface area contributed by atoms with Gasteiger partial charge >= 0.3 is 0 Å². The highest BCUT2D eigenvalue weighted by atomic mass is 32.2. The molecule has 0 radical (unpaired) electrons. The van der Waals surface area contributed by atoms with Gasteiger partial charge < -0.3 is 4.74 Å². The highest BCUT2D eigenvalue weighted by Crippen LogP contribution is 2.27. The summed E-state index contributed by atoms with van der Waals surface area (Å²) in [6.07, 6.45) is 0.403. The first-order valence-corrected chi connectivity index (χ1v) is 9.18. The van der Waals surface area contributed by atoms with Crippen LogP contribution in [0.25, 0.3) is 0 Å². The number of halogens is 2. The fourth-order valence-corrected chi connectivity index (χ4v) is 3.28. The zero-order chi connectivity index (χ0) is 19.2. The number of alkyl halides is 2. The van der Waals surface area contributed by atoms with Crippen LogP contribution < -0.4 is 4.74 Å². The van der Waals surface area contributed by atoms with Crippen LogP contribution in [0.15, 0.2) is 52.7 Å². The Labute approximate surface area is 163 Å². The van der Waals surface area contributed by atoms with Crippen molar-refractivity contribution in [3.8, 4) is 5.75 Å². The van der Waals surface area contributed by atoms with E-state index >= 15 is 0 Å². The molecule has 0 saturated carbocycles. The second-order valence-corrected chi connectivity index (χ2v) is 6.65. The number of hydrogen-bond acceptors (Lipinski definition) is 6. The van der Waals surface area contributed by atoms with Crippen molar-refractivity contribution in [3.05, 3.63) is 64.3 Å². The summed E-state index contributed by atoms with van der Waals surface area (Å²) >= 11 is 6.50. The predicted molar refractivity (Wildman–Crippen MR) is 102 cm³/mol. The molecule has 1 aromatic carbocycles. The van der Waals surface area contributed by atoms with E-state index < -0.39 is 12.2 Å². The molecule has 0 aliphatic carbocycles. The van der Waals surface area contributed by atoms with E-state index in [9.17, 15) is 8.78 Å². The molecular formula is C17H15F2N5OS2. The smallest absolute Gasteiger partial charge is 0.299 e. The molecule has 27 heavy (non-hydrogen) atoms. The molecule has 0 aliphatic heterocycles. The van der Waals surface area contributed by atoms with Gasteiger partial charge in [-0.05, 0) is 48.1 Å². The summed E-state index contributed by atoms with van der Waals surface area (Å²) in [5.74, 6) is 0.828. The maximum absolute atomic E-state index is 12.9. The van der Waals surface area contributed by atoms with Crippen molar-refractivity contribution in [2.75, 3.05) is 7.11 Å². The molecule has 10 heteroatoms. The third kappa shape index (κ3) is 4.77. The number of H-pyrrole nitrogens is 1. The Hall–Kier alpha value is -2.59. The van der Waals surface area contributed by atoms with Crippen molar-refractivity contribution in [3.63, 3.8) is 0 Å². The minimum absolute atomic E-state index is 0.000919. The lowest BCUT2D eigenvalue weighted by molar-refractivity contribution is 0.136. The average molecular weight is 407 g/mol. The fraction of sp³-hybridized carbons (Fsp3) is 0.176. The van der Waals surface area contributed by atoms with E-state index in [1.54, 1.807) is 37.2 Å². The fourth-order valence-electron chi connectivity index (χ4n) is 2.26. The molecule has 2 aromatic heterocycles. The molecule has 2 heterocycles. The average Bonchev–Trinajstić information content (AvgIpc) is 3.06. The number of pyridine rings is 1. The molecule has 140 valence electrons. The maximum Gasteiger partial charge on any atom is 0.299 e. The van der Waals surface area contributed by atoms with Crippen LogP contribution in [-0.4, -0.2) is 33.2 Å². The summed E-state index contributed by atoms with van der Waals surface area (Å²) in [5, 5.41) is 10.7. The summed E-state index contributed by atoms with van der Waals surface area (Å²) in [6.45, 7) is 0. The van der Waals surface area contributed by atoms with E-state index in [0.717, 1.165) is 26.6 Å². The van der Waals surface area contributed by atoms with E-state index in [2.05, 4.69) is 20.3 Å². The van der Waals surface area contributed by atoms with Gasteiger partial charge in [0.2, 0.25) is 10.6 Å². The lowest BCUT2D eigenvalue weighted by Crippen LogP contribution is -2.00. The standard InChI is InChI=1S/C17H15F2N5OS2/c1-25-13-6-5-11(8-12(13)10-27-14-4-2-3-7-20-14)9-21-24-16(15(18)19)22-23-17(24)26/h2-9,15H,10H2,1H3,(H,23,26). The molecular weight excluding hydrogens is 392 g/mol. The third-order valence-corrected chi connectivity index (χ3v) is 4.77. The zero-order valence-electron chi connectivity index (χ0n) is 14.2. The Morgan fingerprint density at radius 1 is 1.37 bits per heavy atom. The van der Waals surface area contributed by atoms with Gasteiger partial charge in [0.25, 0.3) is 6.43 Å². The molecule has 0 aliphatic rings. The molecule has 1 N–H and O–H groups in total. The first kappa shape index (κ1) is 19.2. The normalized spacial score (nSPS) is 11.4. The van der Waals surface area contributed by atoms with Crippen molar-refractivity contribution in [1.29, 1.82) is 0 Å². The summed E-state index contributed by atoms with van der Waals surface area (Å²) in [4.78, 5) is 4.28. The Balaban J connectivity index is 1.83. The SMILES string of the molecule is COc1ccc(C=Nn2c(C(F)F)n[nH]c2=S)cc1CSc1ccccn1. The molecule has 0 fully saturated rings. The van der Waals surface area contributed by atoms with Gasteiger partial charge in [0, 0.05) is 17.5 Å².